The standard InChI is InChI=1S/C15H16N2O2/c1-10-3-5-12(8-16)7-14(10)19-15(9-17)13-6-4-11(2)18-13/h3-7,15H,9,17H2,1-2H3. The Kier molecular flexibility index (Phi) is 3.88. The number of furan rings is 1. The molecule has 1 aromatic heterocycles. The third-order valence-electron chi connectivity index (χ3n) is 2.88. The minimum atomic E-state index is -0.346. The average molecular weight is 256 g/mol. The molecule has 1 aromatic carbocycles. The summed E-state index contributed by atoms with van der Waals surface area (Å²) in [4.78, 5) is 0. The molecule has 0 aliphatic heterocycles. The first-order valence-corrected chi connectivity index (χ1v) is 6.08. The molecule has 4 nitrogen and oxygen atoms in total. The zero-order valence-corrected chi connectivity index (χ0v) is 11.0. The van der Waals surface area contributed by atoms with Crippen molar-refractivity contribution >= 4 is 0 Å². The molecule has 0 spiro atoms. The third kappa shape index (κ3) is 2.95. The van der Waals surface area contributed by atoms with Crippen LogP contribution in [0.25, 0.3) is 0 Å². The van der Waals surface area contributed by atoms with Gasteiger partial charge in [0, 0.05) is 6.54 Å². The molecule has 19 heavy (non-hydrogen) atoms. The molecule has 0 saturated carbocycles. The van der Waals surface area contributed by atoms with Crippen LogP contribution in [0.3, 0.4) is 0 Å². The second kappa shape index (κ2) is 5.59. The molecule has 2 N–H and O–H groups in total. The number of aryl methyl sites for hydroxylation is 2. The second-order valence-corrected chi connectivity index (χ2v) is 4.38. The molecule has 2 aromatic rings. The highest BCUT2D eigenvalue weighted by molar-refractivity contribution is 5.42. The third-order valence-corrected chi connectivity index (χ3v) is 2.88. The maximum Gasteiger partial charge on any atom is 0.168 e. The van der Waals surface area contributed by atoms with Crippen LogP contribution < -0.4 is 10.5 Å². The fourth-order valence-electron chi connectivity index (χ4n) is 1.80. The number of rotatable bonds is 4. The molecule has 1 atom stereocenters. The number of benzene rings is 1. The Morgan fingerprint density at radius 1 is 1.32 bits per heavy atom. The maximum atomic E-state index is 8.92. The molecule has 0 aliphatic carbocycles. The molecule has 98 valence electrons. The van der Waals surface area contributed by atoms with Crippen LogP contribution in [0.5, 0.6) is 5.75 Å². The quantitative estimate of drug-likeness (QED) is 0.913. The van der Waals surface area contributed by atoms with Crippen LogP contribution in [0.15, 0.2) is 34.7 Å². The summed E-state index contributed by atoms with van der Waals surface area (Å²) in [7, 11) is 0. The van der Waals surface area contributed by atoms with E-state index in [9.17, 15) is 0 Å². The molecule has 1 heterocycles. The monoisotopic (exact) mass is 256 g/mol. The minimum Gasteiger partial charge on any atom is -0.481 e. The van der Waals surface area contributed by atoms with Gasteiger partial charge in [-0.1, -0.05) is 6.07 Å². The lowest BCUT2D eigenvalue weighted by molar-refractivity contribution is 0.181. The summed E-state index contributed by atoms with van der Waals surface area (Å²) in [5, 5.41) is 8.92. The van der Waals surface area contributed by atoms with Crippen LogP contribution in [0.2, 0.25) is 0 Å². The van der Waals surface area contributed by atoms with Crippen molar-refractivity contribution in [1.29, 1.82) is 5.26 Å². The first kappa shape index (κ1) is 13.2. The van der Waals surface area contributed by atoms with E-state index >= 15 is 0 Å². The Morgan fingerprint density at radius 2 is 2.11 bits per heavy atom. The van der Waals surface area contributed by atoms with Gasteiger partial charge in [-0.05, 0) is 43.7 Å². The van der Waals surface area contributed by atoms with Crippen LogP contribution in [0, 0.1) is 25.2 Å². The van der Waals surface area contributed by atoms with Crippen molar-refractivity contribution in [1.82, 2.24) is 0 Å². The number of ether oxygens (including phenoxy) is 1. The van der Waals surface area contributed by atoms with Gasteiger partial charge in [-0.15, -0.1) is 0 Å². The topological polar surface area (TPSA) is 72.2 Å². The SMILES string of the molecule is Cc1ccc(C(CN)Oc2cc(C#N)ccc2C)o1. The van der Waals surface area contributed by atoms with Gasteiger partial charge in [-0.3, -0.25) is 0 Å². The van der Waals surface area contributed by atoms with Crippen LogP contribution in [0.1, 0.15) is 28.8 Å². The lowest BCUT2D eigenvalue weighted by Gasteiger charge is -2.17. The Bertz CT molecular complexity index is 611. The number of nitrogens with two attached hydrogens (primary N) is 1. The first-order chi connectivity index (χ1) is 9.13. The lowest BCUT2D eigenvalue weighted by Crippen LogP contribution is -2.18. The van der Waals surface area contributed by atoms with Crippen LogP contribution >= 0.6 is 0 Å². The van der Waals surface area contributed by atoms with E-state index in [0.717, 1.165) is 11.3 Å². The van der Waals surface area contributed by atoms with E-state index in [2.05, 4.69) is 6.07 Å². The smallest absolute Gasteiger partial charge is 0.168 e. The molecule has 0 amide bonds. The fourth-order valence-corrected chi connectivity index (χ4v) is 1.80. The van der Waals surface area contributed by atoms with Crippen molar-refractivity contribution in [2.75, 3.05) is 6.54 Å². The van der Waals surface area contributed by atoms with Gasteiger partial charge in [0.25, 0.3) is 0 Å². The summed E-state index contributed by atoms with van der Waals surface area (Å²) < 4.78 is 11.4. The predicted molar refractivity (Wildman–Crippen MR) is 71.8 cm³/mol. The van der Waals surface area contributed by atoms with Crippen molar-refractivity contribution in [3.8, 4) is 11.8 Å². The van der Waals surface area contributed by atoms with Crippen molar-refractivity contribution < 1.29 is 9.15 Å². The number of nitriles is 1. The first-order valence-electron chi connectivity index (χ1n) is 6.08. The van der Waals surface area contributed by atoms with Crippen molar-refractivity contribution in [3.63, 3.8) is 0 Å². The normalized spacial score (nSPS) is 11.9. The van der Waals surface area contributed by atoms with Gasteiger partial charge in [-0.2, -0.15) is 5.26 Å². The van der Waals surface area contributed by atoms with Crippen LogP contribution in [0.4, 0.5) is 0 Å². The summed E-state index contributed by atoms with van der Waals surface area (Å²) in [5.74, 6) is 2.17. The molecule has 0 bridgehead atoms. The number of hydrogen-bond acceptors (Lipinski definition) is 4. The van der Waals surface area contributed by atoms with E-state index < -0.39 is 0 Å². The van der Waals surface area contributed by atoms with E-state index in [1.807, 2.05) is 32.0 Å². The van der Waals surface area contributed by atoms with E-state index in [-0.39, 0.29) is 6.10 Å². The maximum absolute atomic E-state index is 8.92. The van der Waals surface area contributed by atoms with Crippen LogP contribution in [-0.2, 0) is 0 Å². The zero-order valence-electron chi connectivity index (χ0n) is 11.0. The number of nitrogens with zero attached hydrogens (tertiary/aromatic N) is 1. The van der Waals surface area contributed by atoms with E-state index in [1.54, 1.807) is 12.1 Å². The van der Waals surface area contributed by atoms with Gasteiger partial charge < -0.3 is 14.9 Å². The highest BCUT2D eigenvalue weighted by atomic mass is 16.5. The Labute approximate surface area is 112 Å². The Hall–Kier alpha value is -2.25. The van der Waals surface area contributed by atoms with Gasteiger partial charge in [0.05, 0.1) is 11.6 Å². The molecule has 0 fully saturated rings. The molecule has 1 unspecified atom stereocenters. The van der Waals surface area contributed by atoms with Crippen molar-refractivity contribution in [2.45, 2.75) is 20.0 Å². The average Bonchev–Trinajstić information content (AvgIpc) is 2.84. The summed E-state index contributed by atoms with van der Waals surface area (Å²) in [5.41, 5.74) is 7.25. The molecule has 0 saturated heterocycles. The molecule has 0 aliphatic rings. The van der Waals surface area contributed by atoms with E-state index in [0.29, 0.717) is 23.6 Å². The van der Waals surface area contributed by atoms with Gasteiger partial charge in [-0.25, -0.2) is 0 Å². The fraction of sp³-hybridized carbons (Fsp3) is 0.267. The van der Waals surface area contributed by atoms with E-state index in [1.165, 1.54) is 0 Å². The van der Waals surface area contributed by atoms with Crippen LogP contribution in [-0.4, -0.2) is 6.54 Å². The predicted octanol–water partition coefficient (Wildman–Crippen LogP) is 2.85. The van der Waals surface area contributed by atoms with E-state index in [4.69, 9.17) is 20.1 Å². The largest absolute Gasteiger partial charge is 0.481 e. The lowest BCUT2D eigenvalue weighted by atomic mass is 10.1. The zero-order chi connectivity index (χ0) is 13.8. The molecule has 0 radical (unpaired) electrons. The van der Waals surface area contributed by atoms with Gasteiger partial charge in [0.15, 0.2) is 6.10 Å². The molecule has 2 rings (SSSR count). The summed E-state index contributed by atoms with van der Waals surface area (Å²) in [6.07, 6.45) is -0.346. The van der Waals surface area contributed by atoms with Crippen molar-refractivity contribution in [2.24, 2.45) is 5.73 Å². The Morgan fingerprint density at radius 3 is 2.68 bits per heavy atom. The highest BCUT2D eigenvalue weighted by Gasteiger charge is 2.16. The van der Waals surface area contributed by atoms with Gasteiger partial charge in [0.1, 0.15) is 17.3 Å². The summed E-state index contributed by atoms with van der Waals surface area (Å²) in [6.45, 7) is 4.11. The van der Waals surface area contributed by atoms with Gasteiger partial charge >= 0.3 is 0 Å². The molecule has 4 heteroatoms. The van der Waals surface area contributed by atoms with Gasteiger partial charge in [0.2, 0.25) is 0 Å². The Balaban J connectivity index is 2.26. The molecular weight excluding hydrogens is 240 g/mol. The second-order valence-electron chi connectivity index (χ2n) is 4.38. The molecular formula is C15H16N2O2. The summed E-state index contributed by atoms with van der Waals surface area (Å²) >= 11 is 0. The summed E-state index contributed by atoms with van der Waals surface area (Å²) in [6, 6.07) is 11.2. The number of hydrogen-bond donors (Lipinski definition) is 1. The van der Waals surface area contributed by atoms with Crippen molar-refractivity contribution in [3.05, 3.63) is 53.0 Å². The highest BCUT2D eigenvalue weighted by Crippen LogP contribution is 2.26. The minimum absolute atomic E-state index is 0.309.